The number of rotatable bonds is 3. The number of primary amides is 1. The summed E-state index contributed by atoms with van der Waals surface area (Å²) in [5, 5.41) is 2.22. The Labute approximate surface area is 99.9 Å². The summed E-state index contributed by atoms with van der Waals surface area (Å²) in [5.41, 5.74) is 6.01. The number of nitrogens with two attached hydrogens (primary N) is 1. The van der Waals surface area contributed by atoms with E-state index in [1.54, 1.807) is 5.38 Å². The molecular weight excluding hydrogens is 246 g/mol. The molecule has 3 nitrogen and oxygen atoms in total. The molecule has 0 spiro atoms. The molecule has 2 rings (SSSR count). The third kappa shape index (κ3) is 2.65. The Morgan fingerprint density at radius 1 is 1.35 bits per heavy atom. The predicted molar refractivity (Wildman–Crippen MR) is 60.4 cm³/mol. The van der Waals surface area contributed by atoms with E-state index >= 15 is 0 Å². The molecule has 0 aliphatic carbocycles. The second-order valence-electron chi connectivity index (χ2n) is 3.40. The van der Waals surface area contributed by atoms with Gasteiger partial charge in [-0.2, -0.15) is 0 Å². The Balaban J connectivity index is 2.30. The van der Waals surface area contributed by atoms with E-state index in [1.807, 2.05) is 0 Å². The number of amides is 1. The Hall–Kier alpha value is -1.82. The maximum atomic E-state index is 13.0. The first-order valence-corrected chi connectivity index (χ1v) is 5.62. The van der Waals surface area contributed by atoms with Gasteiger partial charge < -0.3 is 5.73 Å². The van der Waals surface area contributed by atoms with Crippen LogP contribution in [0, 0.1) is 11.6 Å². The molecule has 88 valence electrons. The lowest BCUT2D eigenvalue weighted by molar-refractivity contribution is -0.117. The van der Waals surface area contributed by atoms with E-state index in [0.717, 1.165) is 12.1 Å². The van der Waals surface area contributed by atoms with Crippen molar-refractivity contribution in [2.45, 2.75) is 6.42 Å². The highest BCUT2D eigenvalue weighted by molar-refractivity contribution is 7.10. The van der Waals surface area contributed by atoms with Gasteiger partial charge in [-0.3, -0.25) is 4.79 Å². The minimum Gasteiger partial charge on any atom is -0.369 e. The molecule has 0 atom stereocenters. The number of halogens is 2. The lowest BCUT2D eigenvalue weighted by Gasteiger charge is -1.97. The van der Waals surface area contributed by atoms with Gasteiger partial charge in [-0.25, -0.2) is 13.8 Å². The van der Waals surface area contributed by atoms with Crippen LogP contribution in [0.5, 0.6) is 0 Å². The molecule has 0 radical (unpaired) electrons. The van der Waals surface area contributed by atoms with Gasteiger partial charge >= 0.3 is 0 Å². The highest BCUT2D eigenvalue weighted by atomic mass is 32.1. The van der Waals surface area contributed by atoms with Gasteiger partial charge in [-0.15, -0.1) is 11.3 Å². The summed E-state index contributed by atoms with van der Waals surface area (Å²) in [5.74, 6) is -2.30. The third-order valence-corrected chi connectivity index (χ3v) is 2.94. The molecular formula is C11H8F2N2OS. The molecule has 6 heteroatoms. The van der Waals surface area contributed by atoms with E-state index in [0.29, 0.717) is 16.3 Å². The number of aromatic nitrogens is 1. The second kappa shape index (κ2) is 4.58. The van der Waals surface area contributed by atoms with E-state index in [2.05, 4.69) is 4.98 Å². The van der Waals surface area contributed by atoms with Crippen molar-refractivity contribution in [1.29, 1.82) is 0 Å². The smallest absolute Gasteiger partial charge is 0.224 e. The molecule has 0 bridgehead atoms. The van der Waals surface area contributed by atoms with Gasteiger partial charge in [-0.05, 0) is 18.2 Å². The molecule has 0 saturated carbocycles. The number of carbonyl (C=O) groups excluding carboxylic acids is 1. The van der Waals surface area contributed by atoms with E-state index in [4.69, 9.17) is 5.73 Å². The summed E-state index contributed by atoms with van der Waals surface area (Å²) in [6.45, 7) is 0. The van der Waals surface area contributed by atoms with Crippen molar-refractivity contribution >= 4 is 17.2 Å². The molecule has 2 aromatic rings. The van der Waals surface area contributed by atoms with Crippen LogP contribution in [-0.4, -0.2) is 10.9 Å². The highest BCUT2D eigenvalue weighted by Gasteiger charge is 2.09. The average Bonchev–Trinajstić information content (AvgIpc) is 2.69. The van der Waals surface area contributed by atoms with Crippen LogP contribution >= 0.6 is 11.3 Å². The van der Waals surface area contributed by atoms with E-state index in [1.165, 1.54) is 17.4 Å². The fourth-order valence-corrected chi connectivity index (χ4v) is 2.14. The molecule has 0 aliphatic rings. The summed E-state index contributed by atoms with van der Waals surface area (Å²) in [6, 6.07) is 3.54. The highest BCUT2D eigenvalue weighted by Crippen LogP contribution is 2.23. The standard InChI is InChI=1S/C11H8F2N2OS/c12-7-2-1-6(3-8(7)13)9-5-17-11(15-9)4-10(14)16/h1-3,5H,4H2,(H2,14,16). The van der Waals surface area contributed by atoms with Gasteiger partial charge in [0, 0.05) is 10.9 Å². The van der Waals surface area contributed by atoms with Crippen LogP contribution in [0.4, 0.5) is 8.78 Å². The Morgan fingerprint density at radius 2 is 2.12 bits per heavy atom. The van der Waals surface area contributed by atoms with Crippen LogP contribution in [0.1, 0.15) is 5.01 Å². The number of hydrogen-bond donors (Lipinski definition) is 1. The minimum absolute atomic E-state index is 0.0499. The third-order valence-electron chi connectivity index (χ3n) is 2.09. The maximum absolute atomic E-state index is 13.0. The van der Waals surface area contributed by atoms with Gasteiger partial charge in [0.25, 0.3) is 0 Å². The molecule has 2 N–H and O–H groups in total. The van der Waals surface area contributed by atoms with Crippen molar-refractivity contribution in [1.82, 2.24) is 4.98 Å². The van der Waals surface area contributed by atoms with Crippen molar-refractivity contribution in [3.8, 4) is 11.3 Å². The minimum atomic E-state index is -0.924. The fourth-order valence-electron chi connectivity index (χ4n) is 1.33. The van der Waals surface area contributed by atoms with Crippen LogP contribution in [0.3, 0.4) is 0 Å². The lowest BCUT2D eigenvalue weighted by atomic mass is 10.1. The van der Waals surface area contributed by atoms with Gasteiger partial charge in [0.1, 0.15) is 5.01 Å². The van der Waals surface area contributed by atoms with Gasteiger partial charge in [0.2, 0.25) is 5.91 Å². The summed E-state index contributed by atoms with van der Waals surface area (Å²) in [4.78, 5) is 14.8. The van der Waals surface area contributed by atoms with E-state index < -0.39 is 17.5 Å². The monoisotopic (exact) mass is 254 g/mol. The fraction of sp³-hybridized carbons (Fsp3) is 0.0909. The number of benzene rings is 1. The van der Waals surface area contributed by atoms with Gasteiger partial charge in [-0.1, -0.05) is 0 Å². The average molecular weight is 254 g/mol. The number of nitrogens with zero attached hydrogens (tertiary/aromatic N) is 1. The van der Waals surface area contributed by atoms with E-state index in [9.17, 15) is 13.6 Å². The van der Waals surface area contributed by atoms with Crippen LogP contribution in [0.25, 0.3) is 11.3 Å². The predicted octanol–water partition coefficient (Wildman–Crippen LogP) is 2.12. The van der Waals surface area contributed by atoms with Crippen LogP contribution in [-0.2, 0) is 11.2 Å². The molecule has 17 heavy (non-hydrogen) atoms. The molecule has 0 unspecified atom stereocenters. The lowest BCUT2D eigenvalue weighted by Crippen LogP contribution is -2.13. The van der Waals surface area contributed by atoms with Crippen LogP contribution in [0.15, 0.2) is 23.6 Å². The van der Waals surface area contributed by atoms with Gasteiger partial charge in [0.05, 0.1) is 12.1 Å². The first kappa shape index (κ1) is 11.7. The van der Waals surface area contributed by atoms with Crippen molar-refractivity contribution < 1.29 is 13.6 Å². The quantitative estimate of drug-likeness (QED) is 0.912. The zero-order chi connectivity index (χ0) is 12.4. The number of hydrogen-bond acceptors (Lipinski definition) is 3. The first-order chi connectivity index (χ1) is 8.06. The summed E-state index contributed by atoms with van der Waals surface area (Å²) in [7, 11) is 0. The largest absolute Gasteiger partial charge is 0.369 e. The normalized spacial score (nSPS) is 10.5. The van der Waals surface area contributed by atoms with Crippen LogP contribution < -0.4 is 5.73 Å². The van der Waals surface area contributed by atoms with E-state index in [-0.39, 0.29) is 6.42 Å². The molecule has 0 aliphatic heterocycles. The summed E-state index contributed by atoms with van der Waals surface area (Å²) >= 11 is 1.25. The van der Waals surface area contributed by atoms with Gasteiger partial charge in [0.15, 0.2) is 11.6 Å². The van der Waals surface area contributed by atoms with Crippen LogP contribution in [0.2, 0.25) is 0 Å². The zero-order valence-electron chi connectivity index (χ0n) is 8.61. The molecule has 1 aromatic heterocycles. The van der Waals surface area contributed by atoms with Crippen molar-refractivity contribution in [2.75, 3.05) is 0 Å². The summed E-state index contributed by atoms with van der Waals surface area (Å²) < 4.78 is 25.7. The SMILES string of the molecule is NC(=O)Cc1nc(-c2ccc(F)c(F)c2)cs1. The van der Waals surface area contributed by atoms with Crippen molar-refractivity contribution in [3.63, 3.8) is 0 Å². The molecule has 1 aromatic carbocycles. The topological polar surface area (TPSA) is 56.0 Å². The Kier molecular flexibility index (Phi) is 3.14. The Morgan fingerprint density at radius 3 is 2.76 bits per heavy atom. The molecule has 0 fully saturated rings. The van der Waals surface area contributed by atoms with Crippen molar-refractivity contribution in [2.24, 2.45) is 5.73 Å². The Bertz CT molecular complexity index is 568. The zero-order valence-corrected chi connectivity index (χ0v) is 9.43. The molecule has 0 saturated heterocycles. The number of thiazole rings is 1. The summed E-state index contributed by atoms with van der Waals surface area (Å²) in [6.07, 6.45) is 0.0499. The number of carbonyl (C=O) groups is 1. The maximum Gasteiger partial charge on any atom is 0.224 e. The van der Waals surface area contributed by atoms with Crippen molar-refractivity contribution in [3.05, 3.63) is 40.2 Å². The molecule has 1 heterocycles. The second-order valence-corrected chi connectivity index (χ2v) is 4.34. The molecule has 1 amide bonds. The first-order valence-electron chi connectivity index (χ1n) is 4.74.